The van der Waals surface area contributed by atoms with Gasteiger partial charge in [-0.15, -0.1) is 0 Å². The van der Waals surface area contributed by atoms with Crippen LogP contribution in [0.1, 0.15) is 23.4 Å². The number of benzene rings is 2. The van der Waals surface area contributed by atoms with Gasteiger partial charge in [-0.2, -0.15) is 10.1 Å². The average Bonchev–Trinajstić information content (AvgIpc) is 3.40. The molecule has 0 radical (unpaired) electrons. The highest BCUT2D eigenvalue weighted by molar-refractivity contribution is 7.22. The molecular formula is C23H20N6O2S. The van der Waals surface area contributed by atoms with Gasteiger partial charge in [0.05, 0.1) is 10.2 Å². The molecule has 32 heavy (non-hydrogen) atoms. The summed E-state index contributed by atoms with van der Waals surface area (Å²) in [6.07, 6.45) is 2.36. The smallest absolute Gasteiger partial charge is 0.252 e. The Morgan fingerprint density at radius 3 is 2.78 bits per heavy atom. The molecular weight excluding hydrogens is 424 g/mol. The van der Waals surface area contributed by atoms with Gasteiger partial charge < -0.3 is 10.1 Å². The van der Waals surface area contributed by atoms with E-state index in [1.54, 1.807) is 4.52 Å². The first-order valence-corrected chi connectivity index (χ1v) is 11.0. The van der Waals surface area contributed by atoms with E-state index in [1.807, 2.05) is 62.4 Å². The quantitative estimate of drug-likeness (QED) is 0.407. The predicted molar refractivity (Wildman–Crippen MR) is 123 cm³/mol. The summed E-state index contributed by atoms with van der Waals surface area (Å²) in [4.78, 5) is 25.7. The second-order valence-corrected chi connectivity index (χ2v) is 8.38. The number of para-hydroxylation sites is 1. The molecule has 1 N–H and O–H groups in total. The lowest BCUT2D eigenvalue weighted by Crippen LogP contribution is -2.14. The van der Waals surface area contributed by atoms with Gasteiger partial charge >= 0.3 is 0 Å². The predicted octanol–water partition coefficient (Wildman–Crippen LogP) is 4.71. The molecule has 3 heterocycles. The summed E-state index contributed by atoms with van der Waals surface area (Å²) in [5.41, 5.74) is 3.63. The molecule has 0 spiro atoms. The molecule has 5 aromatic rings. The number of aryl methyl sites for hydroxylation is 2. The number of nitrogens with zero attached hydrogens (tertiary/aromatic N) is 5. The van der Waals surface area contributed by atoms with Crippen LogP contribution in [0.15, 0.2) is 54.9 Å². The van der Waals surface area contributed by atoms with Crippen LogP contribution in [0.5, 0.6) is 11.5 Å². The van der Waals surface area contributed by atoms with Crippen LogP contribution in [0.4, 0.5) is 5.13 Å². The minimum atomic E-state index is -0.0951. The summed E-state index contributed by atoms with van der Waals surface area (Å²) in [5, 5.41) is 7.68. The maximum Gasteiger partial charge on any atom is 0.252 e. The molecule has 0 aliphatic rings. The molecule has 8 nitrogen and oxygen atoms in total. The van der Waals surface area contributed by atoms with E-state index >= 15 is 0 Å². The van der Waals surface area contributed by atoms with Crippen molar-refractivity contribution in [1.82, 2.24) is 24.6 Å². The number of nitrogens with one attached hydrogen (secondary N) is 1. The molecule has 5 rings (SSSR count). The van der Waals surface area contributed by atoms with Crippen molar-refractivity contribution in [3.05, 3.63) is 71.8 Å². The Labute approximate surface area is 187 Å². The summed E-state index contributed by atoms with van der Waals surface area (Å²) in [7, 11) is 0. The summed E-state index contributed by atoms with van der Waals surface area (Å²) in [6, 6.07) is 15.3. The maximum absolute atomic E-state index is 12.6. The molecule has 0 atom stereocenters. The lowest BCUT2D eigenvalue weighted by atomic mass is 10.1. The fourth-order valence-electron chi connectivity index (χ4n) is 3.58. The molecule has 0 unspecified atom stereocenters. The molecule has 0 aliphatic heterocycles. The number of rotatable bonds is 6. The van der Waals surface area contributed by atoms with Crippen molar-refractivity contribution in [3.63, 3.8) is 0 Å². The first kappa shape index (κ1) is 20.1. The third-order valence-electron chi connectivity index (χ3n) is 5.18. The van der Waals surface area contributed by atoms with E-state index in [4.69, 9.17) is 4.74 Å². The van der Waals surface area contributed by atoms with Crippen LogP contribution < -0.4 is 10.1 Å². The van der Waals surface area contributed by atoms with Gasteiger partial charge in [0, 0.05) is 23.9 Å². The van der Waals surface area contributed by atoms with Crippen molar-refractivity contribution in [2.24, 2.45) is 0 Å². The molecule has 2 aromatic carbocycles. The zero-order valence-corrected chi connectivity index (χ0v) is 18.4. The first-order chi connectivity index (χ1) is 15.6. The van der Waals surface area contributed by atoms with Crippen molar-refractivity contribution in [2.75, 3.05) is 5.32 Å². The minimum absolute atomic E-state index is 0.0951. The number of hydrogen-bond donors (Lipinski definition) is 1. The van der Waals surface area contributed by atoms with Crippen LogP contribution in [0.2, 0.25) is 0 Å². The molecule has 9 heteroatoms. The van der Waals surface area contributed by atoms with Gasteiger partial charge in [-0.05, 0) is 50.1 Å². The van der Waals surface area contributed by atoms with E-state index in [9.17, 15) is 4.79 Å². The molecule has 160 valence electrons. The Kier molecular flexibility index (Phi) is 5.24. The second kappa shape index (κ2) is 8.35. The lowest BCUT2D eigenvalue weighted by molar-refractivity contribution is -0.116. The molecule has 3 aromatic heterocycles. The van der Waals surface area contributed by atoms with E-state index in [2.05, 4.69) is 25.4 Å². The summed E-state index contributed by atoms with van der Waals surface area (Å²) < 4.78 is 8.53. The Bertz CT molecular complexity index is 1430. The van der Waals surface area contributed by atoms with Gasteiger partial charge in [0.1, 0.15) is 17.8 Å². The summed E-state index contributed by atoms with van der Waals surface area (Å²) >= 11 is 1.42. The van der Waals surface area contributed by atoms with Crippen LogP contribution >= 0.6 is 11.3 Å². The highest BCUT2D eigenvalue weighted by atomic mass is 32.1. The number of fused-ring (bicyclic) bond motifs is 2. The number of anilines is 1. The fraction of sp³-hybridized carbons (Fsp3) is 0.174. The van der Waals surface area contributed by atoms with Gasteiger partial charge in [-0.25, -0.2) is 14.5 Å². The van der Waals surface area contributed by atoms with Crippen molar-refractivity contribution in [3.8, 4) is 11.5 Å². The van der Waals surface area contributed by atoms with Crippen molar-refractivity contribution < 1.29 is 9.53 Å². The SMILES string of the molecule is Cc1nc2ncnn2c(C)c1CCC(=O)Nc1nc2ccc(Oc3ccccc3)cc2s1. The normalized spacial score (nSPS) is 11.2. The molecule has 0 fully saturated rings. The van der Waals surface area contributed by atoms with Crippen LogP contribution in [0.3, 0.4) is 0 Å². The summed E-state index contributed by atoms with van der Waals surface area (Å²) in [5.74, 6) is 1.97. The monoisotopic (exact) mass is 444 g/mol. The average molecular weight is 445 g/mol. The third kappa shape index (κ3) is 4.02. The standard InChI is InChI=1S/C23H20N6O2S/c1-14-18(15(2)29-22(26-14)24-13-25-29)9-11-21(30)28-23-27-19-10-8-17(12-20(19)32-23)31-16-6-4-3-5-7-16/h3-8,10,12-13H,9,11H2,1-2H3,(H,27,28,30). The maximum atomic E-state index is 12.6. The van der Waals surface area contributed by atoms with Crippen molar-refractivity contribution in [2.45, 2.75) is 26.7 Å². The Morgan fingerprint density at radius 1 is 1.09 bits per heavy atom. The minimum Gasteiger partial charge on any atom is -0.457 e. The van der Waals surface area contributed by atoms with Crippen molar-refractivity contribution in [1.29, 1.82) is 0 Å². The van der Waals surface area contributed by atoms with Crippen molar-refractivity contribution >= 4 is 38.4 Å². The van der Waals surface area contributed by atoms with Gasteiger partial charge in [-0.1, -0.05) is 29.5 Å². The van der Waals surface area contributed by atoms with Crippen LogP contribution in [0.25, 0.3) is 16.0 Å². The number of carbonyl (C=O) groups excluding carboxylic acids is 1. The first-order valence-electron chi connectivity index (χ1n) is 10.2. The Morgan fingerprint density at radius 2 is 1.94 bits per heavy atom. The topological polar surface area (TPSA) is 94.3 Å². The van der Waals surface area contributed by atoms with E-state index in [0.717, 1.165) is 38.7 Å². The lowest BCUT2D eigenvalue weighted by Gasteiger charge is -2.10. The van der Waals surface area contributed by atoms with E-state index in [0.29, 0.717) is 23.8 Å². The van der Waals surface area contributed by atoms with Crippen LogP contribution in [-0.2, 0) is 11.2 Å². The molecule has 0 saturated carbocycles. The Balaban J connectivity index is 1.27. The Hall–Kier alpha value is -3.85. The van der Waals surface area contributed by atoms with Crippen LogP contribution in [-0.4, -0.2) is 30.5 Å². The molecule has 0 aliphatic carbocycles. The van der Waals surface area contributed by atoms with Gasteiger partial charge in [-0.3, -0.25) is 4.79 Å². The van der Waals surface area contributed by atoms with E-state index < -0.39 is 0 Å². The third-order valence-corrected chi connectivity index (χ3v) is 6.11. The number of carbonyl (C=O) groups is 1. The van der Waals surface area contributed by atoms with E-state index in [-0.39, 0.29) is 5.91 Å². The van der Waals surface area contributed by atoms with Crippen LogP contribution in [0, 0.1) is 13.8 Å². The number of ether oxygens (including phenoxy) is 1. The zero-order valence-electron chi connectivity index (χ0n) is 17.6. The molecule has 0 saturated heterocycles. The zero-order chi connectivity index (χ0) is 22.1. The molecule has 0 bridgehead atoms. The fourth-order valence-corrected chi connectivity index (χ4v) is 4.49. The summed E-state index contributed by atoms with van der Waals surface area (Å²) in [6.45, 7) is 3.89. The largest absolute Gasteiger partial charge is 0.457 e. The number of thiazole rings is 1. The van der Waals surface area contributed by atoms with E-state index in [1.165, 1.54) is 17.7 Å². The molecule has 1 amide bonds. The van der Waals surface area contributed by atoms with Gasteiger partial charge in [0.2, 0.25) is 5.91 Å². The highest BCUT2D eigenvalue weighted by Gasteiger charge is 2.14. The number of hydrogen-bond acceptors (Lipinski definition) is 7. The second-order valence-electron chi connectivity index (χ2n) is 7.34. The van der Waals surface area contributed by atoms with Gasteiger partial charge in [0.25, 0.3) is 5.78 Å². The highest BCUT2D eigenvalue weighted by Crippen LogP contribution is 2.31. The van der Waals surface area contributed by atoms with Gasteiger partial charge in [0.15, 0.2) is 5.13 Å². The number of aromatic nitrogens is 5. The number of amides is 1.